The highest BCUT2D eigenvalue weighted by atomic mass is 16.5. The fourth-order valence-corrected chi connectivity index (χ4v) is 2.44. The highest BCUT2D eigenvalue weighted by Gasteiger charge is 2.15. The van der Waals surface area contributed by atoms with Crippen LogP contribution in [0.5, 0.6) is 0 Å². The number of hydrogen-bond donors (Lipinski definition) is 2. The van der Waals surface area contributed by atoms with Crippen LogP contribution in [0.3, 0.4) is 0 Å². The van der Waals surface area contributed by atoms with E-state index in [9.17, 15) is 9.59 Å². The van der Waals surface area contributed by atoms with Crippen molar-refractivity contribution in [2.24, 2.45) is 0 Å². The third-order valence-electron chi connectivity index (χ3n) is 3.83. The van der Waals surface area contributed by atoms with Gasteiger partial charge in [-0.05, 0) is 32.3 Å². The Kier molecular flexibility index (Phi) is 6.71. The molecule has 7 nitrogen and oxygen atoms in total. The molecule has 2 rings (SSSR count). The summed E-state index contributed by atoms with van der Waals surface area (Å²) in [6.45, 7) is 9.88. The van der Waals surface area contributed by atoms with Gasteiger partial charge in [0.1, 0.15) is 0 Å². The van der Waals surface area contributed by atoms with Crippen molar-refractivity contribution in [1.82, 2.24) is 20.8 Å². The summed E-state index contributed by atoms with van der Waals surface area (Å²) < 4.78 is 5.22. The summed E-state index contributed by atoms with van der Waals surface area (Å²) in [5, 5.41) is 9.35. The minimum Gasteiger partial charge on any atom is -0.350 e. The van der Waals surface area contributed by atoms with E-state index >= 15 is 0 Å². The van der Waals surface area contributed by atoms with Gasteiger partial charge in [0.2, 0.25) is 23.5 Å². The Hall–Kier alpha value is -2.70. The van der Waals surface area contributed by atoms with Crippen LogP contribution in [0.2, 0.25) is 0 Å². The molecule has 0 radical (unpaired) electrons. The smallest absolute Gasteiger partial charge is 0.239 e. The van der Waals surface area contributed by atoms with E-state index in [1.54, 1.807) is 0 Å². The molecule has 0 saturated heterocycles. The molecule has 1 aromatic carbocycles. The minimum absolute atomic E-state index is 0.0482. The maximum atomic E-state index is 11.9. The highest BCUT2D eigenvalue weighted by Crippen LogP contribution is 2.20. The number of aromatic nitrogens is 2. The van der Waals surface area contributed by atoms with Gasteiger partial charge in [-0.25, -0.2) is 0 Å². The van der Waals surface area contributed by atoms with Gasteiger partial charge >= 0.3 is 0 Å². The first kappa shape index (κ1) is 20.6. The molecule has 2 N–H and O–H groups in total. The molecule has 0 aliphatic carbocycles. The van der Waals surface area contributed by atoms with Gasteiger partial charge in [0.25, 0.3) is 0 Å². The van der Waals surface area contributed by atoms with E-state index in [1.807, 2.05) is 45.0 Å². The van der Waals surface area contributed by atoms with Crippen LogP contribution in [0.4, 0.5) is 0 Å². The molecule has 146 valence electrons. The van der Waals surface area contributed by atoms with E-state index < -0.39 is 0 Å². The lowest BCUT2D eigenvalue weighted by atomic mass is 10.0. The van der Waals surface area contributed by atoms with Gasteiger partial charge in [0.05, 0.1) is 6.54 Å². The molecule has 27 heavy (non-hydrogen) atoms. The molecule has 0 bridgehead atoms. The number of aryl methyl sites for hydroxylation is 1. The summed E-state index contributed by atoms with van der Waals surface area (Å²) in [6, 6.07) is 8.02. The predicted molar refractivity (Wildman–Crippen MR) is 103 cm³/mol. The maximum absolute atomic E-state index is 11.9. The molecule has 2 amide bonds. The number of rotatable bonds is 7. The molecule has 2 aromatic rings. The average molecular weight is 372 g/mol. The Morgan fingerprint density at radius 3 is 2.37 bits per heavy atom. The van der Waals surface area contributed by atoms with Gasteiger partial charge in [-0.15, -0.1) is 0 Å². The van der Waals surface area contributed by atoms with E-state index in [4.69, 9.17) is 4.52 Å². The third-order valence-corrected chi connectivity index (χ3v) is 3.83. The normalized spacial score (nSPS) is 11.5. The van der Waals surface area contributed by atoms with Crippen molar-refractivity contribution in [3.63, 3.8) is 0 Å². The van der Waals surface area contributed by atoms with Crippen molar-refractivity contribution in [2.75, 3.05) is 6.54 Å². The maximum Gasteiger partial charge on any atom is 0.239 e. The Labute approximate surface area is 159 Å². The summed E-state index contributed by atoms with van der Waals surface area (Å²) in [5.41, 5.74) is 1.79. The van der Waals surface area contributed by atoms with Crippen molar-refractivity contribution in [1.29, 1.82) is 0 Å². The minimum atomic E-state index is -0.324. The van der Waals surface area contributed by atoms with Crippen molar-refractivity contribution >= 4 is 11.8 Å². The standard InChI is InChI=1S/C20H28N4O3/c1-13(2)14-6-8-15(9-7-14)19-22-18(27-24-19)11-10-16(25)21-12-17(26)23-20(3,4)5/h6-9,13H,10-12H2,1-5H3,(H,21,25)(H,23,26). The number of carbonyl (C=O) groups excluding carboxylic acids is 2. The molecule has 0 spiro atoms. The van der Waals surface area contributed by atoms with Crippen LogP contribution in [0.15, 0.2) is 28.8 Å². The fourth-order valence-electron chi connectivity index (χ4n) is 2.44. The second-order valence-corrected chi connectivity index (χ2v) is 7.86. The van der Waals surface area contributed by atoms with Crippen molar-refractivity contribution in [3.05, 3.63) is 35.7 Å². The SMILES string of the molecule is CC(C)c1ccc(-c2noc(CCC(=O)NCC(=O)NC(C)(C)C)n2)cc1. The number of carbonyl (C=O) groups is 2. The van der Waals surface area contributed by atoms with Crippen LogP contribution in [0.1, 0.15) is 58.4 Å². The van der Waals surface area contributed by atoms with E-state index in [2.05, 4.69) is 34.6 Å². The van der Waals surface area contributed by atoms with E-state index in [-0.39, 0.29) is 30.3 Å². The average Bonchev–Trinajstić information content (AvgIpc) is 3.05. The first-order valence-corrected chi connectivity index (χ1v) is 9.14. The summed E-state index contributed by atoms with van der Waals surface area (Å²) in [4.78, 5) is 27.9. The number of benzene rings is 1. The first-order valence-electron chi connectivity index (χ1n) is 9.14. The summed E-state index contributed by atoms with van der Waals surface area (Å²) >= 11 is 0. The van der Waals surface area contributed by atoms with Gasteiger partial charge in [-0.3, -0.25) is 9.59 Å². The van der Waals surface area contributed by atoms with Crippen LogP contribution in [-0.4, -0.2) is 34.0 Å². The van der Waals surface area contributed by atoms with E-state index in [0.717, 1.165) is 5.56 Å². The largest absolute Gasteiger partial charge is 0.350 e. The van der Waals surface area contributed by atoms with Crippen LogP contribution in [-0.2, 0) is 16.0 Å². The monoisotopic (exact) mass is 372 g/mol. The van der Waals surface area contributed by atoms with Gasteiger partial charge in [-0.1, -0.05) is 43.3 Å². The van der Waals surface area contributed by atoms with Crippen LogP contribution in [0, 0.1) is 0 Å². The summed E-state index contributed by atoms with van der Waals surface area (Å²) in [5.74, 6) is 0.905. The van der Waals surface area contributed by atoms with Gasteiger partial charge < -0.3 is 15.2 Å². The van der Waals surface area contributed by atoms with Crippen LogP contribution < -0.4 is 10.6 Å². The lowest BCUT2D eigenvalue weighted by molar-refractivity contribution is -0.126. The van der Waals surface area contributed by atoms with Crippen LogP contribution in [0.25, 0.3) is 11.4 Å². The molecule has 0 saturated carbocycles. The zero-order valence-corrected chi connectivity index (χ0v) is 16.6. The zero-order valence-electron chi connectivity index (χ0n) is 16.6. The predicted octanol–water partition coefficient (Wildman–Crippen LogP) is 2.82. The summed E-state index contributed by atoms with van der Waals surface area (Å²) in [7, 11) is 0. The molecule has 1 aromatic heterocycles. The van der Waals surface area contributed by atoms with Crippen molar-refractivity contribution < 1.29 is 14.1 Å². The molecule has 0 fully saturated rings. The van der Waals surface area contributed by atoms with Crippen molar-refractivity contribution in [3.8, 4) is 11.4 Å². The molecule has 1 heterocycles. The molecular weight excluding hydrogens is 344 g/mol. The molecule has 0 aliphatic heterocycles. The van der Waals surface area contributed by atoms with Crippen molar-refractivity contribution in [2.45, 2.75) is 58.9 Å². The Morgan fingerprint density at radius 1 is 1.11 bits per heavy atom. The second kappa shape index (κ2) is 8.79. The number of amides is 2. The lowest BCUT2D eigenvalue weighted by Gasteiger charge is -2.20. The molecule has 0 aliphatic rings. The van der Waals surface area contributed by atoms with Gasteiger partial charge in [-0.2, -0.15) is 4.98 Å². The highest BCUT2D eigenvalue weighted by molar-refractivity contribution is 5.85. The van der Waals surface area contributed by atoms with Crippen LogP contribution >= 0.6 is 0 Å². The topological polar surface area (TPSA) is 97.1 Å². The second-order valence-electron chi connectivity index (χ2n) is 7.86. The zero-order chi connectivity index (χ0) is 20.0. The number of nitrogens with zero attached hydrogens (tertiary/aromatic N) is 2. The van der Waals surface area contributed by atoms with Gasteiger partial charge in [0.15, 0.2) is 0 Å². The fraction of sp³-hybridized carbons (Fsp3) is 0.500. The van der Waals surface area contributed by atoms with E-state index in [0.29, 0.717) is 24.1 Å². The third kappa shape index (κ3) is 6.84. The van der Waals surface area contributed by atoms with E-state index in [1.165, 1.54) is 5.56 Å². The molecule has 7 heteroatoms. The number of hydrogen-bond acceptors (Lipinski definition) is 5. The molecule has 0 atom stereocenters. The molecule has 0 unspecified atom stereocenters. The first-order chi connectivity index (χ1) is 12.6. The Bertz CT molecular complexity index is 773. The van der Waals surface area contributed by atoms with Gasteiger partial charge in [0, 0.05) is 23.9 Å². The lowest BCUT2D eigenvalue weighted by Crippen LogP contribution is -2.45. The summed E-state index contributed by atoms with van der Waals surface area (Å²) in [6.07, 6.45) is 0.501. The Morgan fingerprint density at radius 2 is 1.78 bits per heavy atom. The molecular formula is C20H28N4O3. The Balaban J connectivity index is 1.82. The number of nitrogens with one attached hydrogen (secondary N) is 2. The quantitative estimate of drug-likeness (QED) is 0.779.